The van der Waals surface area contributed by atoms with Crippen LogP contribution in [0.5, 0.6) is 0 Å². The molecule has 0 radical (unpaired) electrons. The van der Waals surface area contributed by atoms with E-state index in [4.69, 9.17) is 12.2 Å². The maximum atomic E-state index is 12.8. The van der Waals surface area contributed by atoms with E-state index in [2.05, 4.69) is 11.2 Å². The van der Waals surface area contributed by atoms with Gasteiger partial charge in [-0.05, 0) is 24.6 Å². The molecule has 0 aromatic heterocycles. The number of hydrogen-bond donors (Lipinski definition) is 2. The molecule has 1 rings (SSSR count). The Morgan fingerprint density at radius 3 is 2.94 bits per heavy atom. The van der Waals surface area contributed by atoms with Crippen LogP contribution in [0.3, 0.4) is 0 Å². The molecular formula is C12H13FN2O. The molecule has 16 heavy (non-hydrogen) atoms. The first kappa shape index (κ1) is 12.1. The van der Waals surface area contributed by atoms with Gasteiger partial charge in [-0.15, -0.1) is 12.3 Å². The van der Waals surface area contributed by atoms with Crippen molar-refractivity contribution < 1.29 is 9.18 Å². The summed E-state index contributed by atoms with van der Waals surface area (Å²) in [7, 11) is 0. The van der Waals surface area contributed by atoms with Gasteiger partial charge in [0.15, 0.2) is 0 Å². The third kappa shape index (κ3) is 3.28. The van der Waals surface area contributed by atoms with Crippen molar-refractivity contribution in [1.82, 2.24) is 5.32 Å². The minimum Gasteiger partial charge on any atom is -0.396 e. The number of carbonyl (C=O) groups is 1. The zero-order valence-electron chi connectivity index (χ0n) is 8.79. The molecule has 0 atom stereocenters. The molecule has 0 aliphatic carbocycles. The lowest BCUT2D eigenvalue weighted by molar-refractivity contribution is 0.0953. The van der Waals surface area contributed by atoms with Crippen molar-refractivity contribution in [3.63, 3.8) is 0 Å². The normalized spacial score (nSPS) is 9.50. The smallest absolute Gasteiger partial charge is 0.251 e. The van der Waals surface area contributed by atoms with Crippen LogP contribution in [0, 0.1) is 18.2 Å². The van der Waals surface area contributed by atoms with Crippen LogP contribution in [0.15, 0.2) is 18.2 Å². The number of benzene rings is 1. The Morgan fingerprint density at radius 1 is 1.56 bits per heavy atom. The van der Waals surface area contributed by atoms with Crippen molar-refractivity contribution in [1.29, 1.82) is 0 Å². The molecule has 0 heterocycles. The first-order chi connectivity index (χ1) is 7.65. The summed E-state index contributed by atoms with van der Waals surface area (Å²) < 4.78 is 12.8. The van der Waals surface area contributed by atoms with Crippen LogP contribution in [0.25, 0.3) is 0 Å². The van der Waals surface area contributed by atoms with Crippen LogP contribution in [0.1, 0.15) is 23.2 Å². The molecule has 3 N–H and O–H groups in total. The first-order valence-corrected chi connectivity index (χ1v) is 4.92. The van der Waals surface area contributed by atoms with Gasteiger partial charge < -0.3 is 11.1 Å². The van der Waals surface area contributed by atoms with E-state index >= 15 is 0 Å². The lowest BCUT2D eigenvalue weighted by atomic mass is 10.2. The zero-order valence-corrected chi connectivity index (χ0v) is 8.79. The van der Waals surface area contributed by atoms with Gasteiger partial charge in [0.1, 0.15) is 5.82 Å². The van der Waals surface area contributed by atoms with Gasteiger partial charge in [0.05, 0.1) is 5.69 Å². The maximum Gasteiger partial charge on any atom is 0.251 e. The zero-order chi connectivity index (χ0) is 12.0. The van der Waals surface area contributed by atoms with Gasteiger partial charge in [0.25, 0.3) is 5.91 Å². The third-order valence-corrected chi connectivity index (χ3v) is 2.04. The summed E-state index contributed by atoms with van der Waals surface area (Å²) in [4.78, 5) is 11.5. The van der Waals surface area contributed by atoms with Crippen molar-refractivity contribution in [2.75, 3.05) is 12.3 Å². The molecule has 0 aliphatic heterocycles. The van der Waals surface area contributed by atoms with Gasteiger partial charge in [0.2, 0.25) is 0 Å². The summed E-state index contributed by atoms with van der Waals surface area (Å²) in [5.41, 5.74) is 5.67. The molecule has 0 aliphatic rings. The number of rotatable bonds is 4. The molecule has 1 aromatic carbocycles. The van der Waals surface area contributed by atoms with Crippen LogP contribution < -0.4 is 11.1 Å². The number of halogens is 1. The summed E-state index contributed by atoms with van der Waals surface area (Å²) in [5, 5.41) is 2.67. The highest BCUT2D eigenvalue weighted by Crippen LogP contribution is 2.11. The lowest BCUT2D eigenvalue weighted by Gasteiger charge is -2.05. The van der Waals surface area contributed by atoms with E-state index in [1.165, 1.54) is 18.2 Å². The average Bonchev–Trinajstić information content (AvgIpc) is 2.28. The minimum atomic E-state index is -0.524. The molecule has 1 aromatic rings. The van der Waals surface area contributed by atoms with E-state index in [9.17, 15) is 9.18 Å². The molecule has 0 unspecified atom stereocenters. The Morgan fingerprint density at radius 2 is 2.31 bits per heavy atom. The topological polar surface area (TPSA) is 55.1 Å². The van der Waals surface area contributed by atoms with Gasteiger partial charge in [-0.1, -0.05) is 0 Å². The van der Waals surface area contributed by atoms with Crippen LogP contribution in [0.4, 0.5) is 10.1 Å². The highest BCUT2D eigenvalue weighted by atomic mass is 19.1. The van der Waals surface area contributed by atoms with E-state index in [1.54, 1.807) is 0 Å². The fourth-order valence-corrected chi connectivity index (χ4v) is 1.18. The molecule has 0 spiro atoms. The second-order valence-electron chi connectivity index (χ2n) is 3.30. The van der Waals surface area contributed by atoms with E-state index < -0.39 is 5.82 Å². The summed E-state index contributed by atoms with van der Waals surface area (Å²) in [5.74, 6) is 1.68. The third-order valence-electron chi connectivity index (χ3n) is 2.04. The highest BCUT2D eigenvalue weighted by Gasteiger charge is 2.06. The number of hydrogen-bond acceptors (Lipinski definition) is 2. The molecule has 0 fully saturated rings. The van der Waals surface area contributed by atoms with Gasteiger partial charge in [-0.3, -0.25) is 4.79 Å². The summed E-state index contributed by atoms with van der Waals surface area (Å²) >= 11 is 0. The van der Waals surface area contributed by atoms with Crippen LogP contribution in [-0.2, 0) is 0 Å². The van der Waals surface area contributed by atoms with Crippen LogP contribution in [-0.4, -0.2) is 12.5 Å². The number of terminal acetylenes is 1. The highest BCUT2D eigenvalue weighted by molar-refractivity contribution is 5.94. The van der Waals surface area contributed by atoms with Crippen molar-refractivity contribution in [2.45, 2.75) is 12.8 Å². The van der Waals surface area contributed by atoms with E-state index in [0.29, 0.717) is 18.5 Å². The first-order valence-electron chi connectivity index (χ1n) is 4.92. The number of carbonyl (C=O) groups excluding carboxylic acids is 1. The molecule has 4 heteroatoms. The van der Waals surface area contributed by atoms with Crippen molar-refractivity contribution in [3.05, 3.63) is 29.6 Å². The Kier molecular flexibility index (Phi) is 4.34. The lowest BCUT2D eigenvalue weighted by Crippen LogP contribution is -2.24. The second kappa shape index (κ2) is 5.76. The SMILES string of the molecule is C#CCCCNC(=O)c1ccc(F)c(N)c1. The number of nitrogens with two attached hydrogens (primary N) is 1. The Labute approximate surface area is 93.8 Å². The van der Waals surface area contributed by atoms with Gasteiger partial charge in [0, 0.05) is 18.5 Å². The minimum absolute atomic E-state index is 0.0312. The monoisotopic (exact) mass is 220 g/mol. The summed E-state index contributed by atoms with van der Waals surface area (Å²) in [6.45, 7) is 0.500. The number of nitrogens with one attached hydrogen (secondary N) is 1. The van der Waals surface area contributed by atoms with Crippen molar-refractivity contribution >= 4 is 11.6 Å². The molecule has 84 valence electrons. The largest absolute Gasteiger partial charge is 0.396 e. The predicted octanol–water partition coefficient (Wildman–Crippen LogP) is 1.55. The number of anilines is 1. The quantitative estimate of drug-likeness (QED) is 0.459. The van der Waals surface area contributed by atoms with E-state index in [1.807, 2.05) is 0 Å². The average molecular weight is 220 g/mol. The van der Waals surface area contributed by atoms with Gasteiger partial charge in [-0.2, -0.15) is 0 Å². The Balaban J connectivity index is 2.53. The molecule has 0 saturated carbocycles. The maximum absolute atomic E-state index is 12.8. The molecule has 1 amide bonds. The number of amides is 1. The molecule has 0 saturated heterocycles. The van der Waals surface area contributed by atoms with E-state index in [0.717, 1.165) is 6.42 Å². The summed E-state index contributed by atoms with van der Waals surface area (Å²) in [6, 6.07) is 3.87. The van der Waals surface area contributed by atoms with Crippen molar-refractivity contribution in [3.8, 4) is 12.3 Å². The number of unbranched alkanes of at least 4 members (excludes halogenated alkanes) is 1. The Bertz CT molecular complexity index is 424. The van der Waals surface area contributed by atoms with Gasteiger partial charge >= 0.3 is 0 Å². The standard InChI is InChI=1S/C12H13FN2O/c1-2-3-4-7-15-12(16)9-5-6-10(13)11(14)8-9/h1,5-6,8H,3-4,7,14H2,(H,15,16). The second-order valence-corrected chi connectivity index (χ2v) is 3.30. The van der Waals surface area contributed by atoms with Crippen LogP contribution >= 0.6 is 0 Å². The summed E-state index contributed by atoms with van der Waals surface area (Å²) in [6.07, 6.45) is 6.41. The van der Waals surface area contributed by atoms with Crippen LogP contribution in [0.2, 0.25) is 0 Å². The van der Waals surface area contributed by atoms with E-state index in [-0.39, 0.29) is 11.6 Å². The fourth-order valence-electron chi connectivity index (χ4n) is 1.18. The fraction of sp³-hybridized carbons (Fsp3) is 0.250. The Hall–Kier alpha value is -2.02. The molecular weight excluding hydrogens is 207 g/mol. The number of nitrogen functional groups attached to an aromatic ring is 1. The predicted molar refractivity (Wildman–Crippen MR) is 61.2 cm³/mol. The van der Waals surface area contributed by atoms with Crippen molar-refractivity contribution in [2.24, 2.45) is 0 Å². The molecule has 3 nitrogen and oxygen atoms in total. The van der Waals surface area contributed by atoms with Gasteiger partial charge in [-0.25, -0.2) is 4.39 Å². The molecule has 0 bridgehead atoms.